The Morgan fingerprint density at radius 3 is 1.92 bits per heavy atom. The van der Waals surface area contributed by atoms with Crippen molar-refractivity contribution in [2.24, 2.45) is 0 Å². The summed E-state index contributed by atoms with van der Waals surface area (Å²) in [6.45, 7) is 2.31. The zero-order valence-electron chi connectivity index (χ0n) is 19.4. The van der Waals surface area contributed by atoms with E-state index < -0.39 is 37.3 Å². The first-order valence-electron chi connectivity index (χ1n) is 11.0. The summed E-state index contributed by atoms with van der Waals surface area (Å²) in [5.74, 6) is -2.31. The fourth-order valence-corrected chi connectivity index (χ4v) is 6.52. The molecule has 0 radical (unpaired) electrons. The Balaban J connectivity index is 1.84. The van der Waals surface area contributed by atoms with Crippen molar-refractivity contribution in [1.82, 2.24) is 5.43 Å². The molecule has 0 saturated heterocycles. The van der Waals surface area contributed by atoms with Crippen LogP contribution in [0.25, 0.3) is 0 Å². The number of aliphatic carboxylic acids is 1. The van der Waals surface area contributed by atoms with E-state index in [0.717, 1.165) is 0 Å². The van der Waals surface area contributed by atoms with Gasteiger partial charge in [0.2, 0.25) is 16.2 Å². The highest BCUT2D eigenvalue weighted by atomic mass is 32.2. The molecule has 3 aromatic carbocycles. The summed E-state index contributed by atoms with van der Waals surface area (Å²) in [7, 11) is -7.85. The summed E-state index contributed by atoms with van der Waals surface area (Å²) in [4.78, 5) is 22.3. The molecule has 0 aromatic heterocycles. The third-order valence-electron chi connectivity index (χ3n) is 5.46. The molecule has 0 aliphatic heterocycles. The first-order chi connectivity index (χ1) is 17.1. The molecule has 11 heteroatoms. The minimum Gasteiger partial charge on any atom is -0.481 e. The van der Waals surface area contributed by atoms with Gasteiger partial charge >= 0.3 is 5.97 Å². The number of benzene rings is 3. The minimum absolute atomic E-state index is 0.0187. The van der Waals surface area contributed by atoms with Gasteiger partial charge < -0.3 is 5.11 Å². The van der Waals surface area contributed by atoms with Crippen LogP contribution in [0.15, 0.2) is 93.5 Å². The van der Waals surface area contributed by atoms with Crippen LogP contribution in [-0.4, -0.2) is 46.6 Å². The topological polar surface area (TPSA) is 138 Å². The molecule has 1 amide bonds. The van der Waals surface area contributed by atoms with Crippen molar-refractivity contribution in [3.8, 4) is 0 Å². The fraction of sp³-hybridized carbons (Fsp3) is 0.200. The average molecular weight is 531 g/mol. The monoisotopic (exact) mass is 530 g/mol. The highest BCUT2D eigenvalue weighted by molar-refractivity contribution is 7.92. The van der Waals surface area contributed by atoms with Crippen LogP contribution < -0.4 is 10.4 Å². The summed E-state index contributed by atoms with van der Waals surface area (Å²) < 4.78 is 52.1. The Morgan fingerprint density at radius 1 is 0.889 bits per heavy atom. The van der Waals surface area contributed by atoms with Gasteiger partial charge in [-0.05, 0) is 54.1 Å². The number of nitrogens with one attached hydrogen (secondary N) is 1. The van der Waals surface area contributed by atoms with Crippen LogP contribution in [0.5, 0.6) is 0 Å². The van der Waals surface area contributed by atoms with Gasteiger partial charge in [0.1, 0.15) is 0 Å². The second-order valence-corrected chi connectivity index (χ2v) is 11.9. The van der Waals surface area contributed by atoms with Gasteiger partial charge in [0.05, 0.1) is 32.5 Å². The number of anilines is 1. The van der Waals surface area contributed by atoms with Gasteiger partial charge in [-0.15, -0.1) is 0 Å². The van der Waals surface area contributed by atoms with Gasteiger partial charge in [0, 0.05) is 12.5 Å². The van der Waals surface area contributed by atoms with Gasteiger partial charge in [0.25, 0.3) is 0 Å². The van der Waals surface area contributed by atoms with Gasteiger partial charge in [-0.1, -0.05) is 37.3 Å². The Morgan fingerprint density at radius 2 is 1.42 bits per heavy atom. The van der Waals surface area contributed by atoms with Crippen molar-refractivity contribution >= 4 is 37.7 Å². The molecule has 0 aliphatic rings. The Bertz CT molecular complexity index is 1410. The standard InChI is InChI=1S/C25H26N2O7S2/c1-2-26-27(18-28)21-8-10-23(11-9-21)36(33,34)24-14-12-22(13-15-24)35(31,32)17-20(16-25(29)30)19-6-4-3-5-7-19/h3-15,18,20,26H,2,16-17H2,1H3,(H,29,30). The van der Waals surface area contributed by atoms with Crippen LogP contribution in [-0.2, 0) is 29.3 Å². The smallest absolute Gasteiger partial charge is 0.303 e. The number of carboxylic acids is 1. The number of amides is 1. The molecule has 190 valence electrons. The molecule has 1 unspecified atom stereocenters. The van der Waals surface area contributed by atoms with Crippen molar-refractivity contribution in [3.63, 3.8) is 0 Å². The molecular formula is C25H26N2O7S2. The van der Waals surface area contributed by atoms with E-state index in [9.17, 15) is 31.5 Å². The van der Waals surface area contributed by atoms with E-state index in [2.05, 4.69) is 5.43 Å². The van der Waals surface area contributed by atoms with Crippen molar-refractivity contribution in [3.05, 3.63) is 84.4 Å². The zero-order chi connectivity index (χ0) is 26.3. The predicted molar refractivity (Wildman–Crippen MR) is 134 cm³/mol. The zero-order valence-corrected chi connectivity index (χ0v) is 21.1. The Hall–Kier alpha value is -3.54. The number of hydrogen-bond donors (Lipinski definition) is 2. The number of carboxylic acid groups (broad SMARTS) is 1. The normalized spacial score (nSPS) is 12.6. The number of hydrazine groups is 1. The lowest BCUT2D eigenvalue weighted by Crippen LogP contribution is -2.36. The highest BCUT2D eigenvalue weighted by Gasteiger charge is 2.26. The SMILES string of the molecule is CCNN(C=O)c1ccc(S(=O)(=O)c2ccc(S(=O)(=O)CC(CC(=O)O)c3ccccc3)cc2)cc1. The molecule has 0 fully saturated rings. The lowest BCUT2D eigenvalue weighted by Gasteiger charge is -2.17. The van der Waals surface area contributed by atoms with E-state index in [1.54, 1.807) is 30.3 Å². The molecule has 2 N–H and O–H groups in total. The highest BCUT2D eigenvalue weighted by Crippen LogP contribution is 2.28. The predicted octanol–water partition coefficient (Wildman–Crippen LogP) is 3.04. The van der Waals surface area contributed by atoms with Gasteiger partial charge in [-0.3, -0.25) is 9.59 Å². The number of nitrogens with zero attached hydrogens (tertiary/aromatic N) is 1. The number of rotatable bonds is 12. The van der Waals surface area contributed by atoms with Gasteiger partial charge in [-0.25, -0.2) is 27.3 Å². The third-order valence-corrected chi connectivity index (χ3v) is 9.08. The number of carbonyl (C=O) groups is 2. The summed E-state index contributed by atoms with van der Waals surface area (Å²) >= 11 is 0. The lowest BCUT2D eigenvalue weighted by molar-refractivity contribution is -0.137. The molecule has 3 rings (SSSR count). The van der Waals surface area contributed by atoms with Crippen LogP contribution in [0, 0.1) is 0 Å². The quantitative estimate of drug-likeness (QED) is 0.269. The fourth-order valence-electron chi connectivity index (χ4n) is 3.68. The number of hydrogen-bond acceptors (Lipinski definition) is 7. The second-order valence-electron chi connectivity index (χ2n) is 7.94. The maximum atomic E-state index is 13.0. The summed E-state index contributed by atoms with van der Waals surface area (Å²) in [5.41, 5.74) is 3.87. The first kappa shape index (κ1) is 27.1. The molecule has 0 bridgehead atoms. The van der Waals surface area contributed by atoms with E-state index in [1.165, 1.54) is 53.5 Å². The third kappa shape index (κ3) is 6.36. The molecule has 3 aromatic rings. The van der Waals surface area contributed by atoms with Crippen LogP contribution in [0.2, 0.25) is 0 Å². The maximum absolute atomic E-state index is 13.0. The second kappa shape index (κ2) is 11.5. The summed E-state index contributed by atoms with van der Waals surface area (Å²) in [5, 5.41) is 10.5. The van der Waals surface area contributed by atoms with Crippen molar-refractivity contribution in [2.45, 2.75) is 33.9 Å². The average Bonchev–Trinajstić information content (AvgIpc) is 2.87. The van der Waals surface area contributed by atoms with Gasteiger partial charge in [-0.2, -0.15) is 0 Å². The largest absolute Gasteiger partial charge is 0.481 e. The van der Waals surface area contributed by atoms with E-state index in [-0.39, 0.29) is 21.1 Å². The molecular weight excluding hydrogens is 504 g/mol. The van der Waals surface area contributed by atoms with Crippen molar-refractivity contribution in [1.29, 1.82) is 0 Å². The van der Waals surface area contributed by atoms with Crippen LogP contribution >= 0.6 is 0 Å². The molecule has 0 saturated carbocycles. The first-order valence-corrected chi connectivity index (χ1v) is 14.1. The molecule has 36 heavy (non-hydrogen) atoms. The van der Waals surface area contributed by atoms with E-state index >= 15 is 0 Å². The Kier molecular flexibility index (Phi) is 8.62. The molecule has 0 heterocycles. The van der Waals surface area contributed by atoms with E-state index in [1.807, 2.05) is 6.92 Å². The van der Waals surface area contributed by atoms with Crippen molar-refractivity contribution in [2.75, 3.05) is 17.3 Å². The number of sulfone groups is 2. The lowest BCUT2D eigenvalue weighted by atomic mass is 9.98. The number of carbonyl (C=O) groups excluding carboxylic acids is 1. The summed E-state index contributed by atoms with van der Waals surface area (Å²) in [6, 6.07) is 19.0. The van der Waals surface area contributed by atoms with Gasteiger partial charge in [0.15, 0.2) is 9.84 Å². The van der Waals surface area contributed by atoms with Crippen LogP contribution in [0.1, 0.15) is 24.8 Å². The minimum atomic E-state index is -3.94. The maximum Gasteiger partial charge on any atom is 0.303 e. The molecule has 0 aliphatic carbocycles. The van der Waals surface area contributed by atoms with E-state index in [0.29, 0.717) is 24.2 Å². The van der Waals surface area contributed by atoms with Crippen LogP contribution in [0.4, 0.5) is 5.69 Å². The van der Waals surface area contributed by atoms with Crippen LogP contribution in [0.3, 0.4) is 0 Å². The molecule has 1 atom stereocenters. The molecule has 0 spiro atoms. The molecule has 9 nitrogen and oxygen atoms in total. The summed E-state index contributed by atoms with van der Waals surface area (Å²) in [6.07, 6.45) is 0.214. The Labute approximate surface area is 210 Å². The van der Waals surface area contributed by atoms with E-state index in [4.69, 9.17) is 0 Å². The van der Waals surface area contributed by atoms with Crippen molar-refractivity contribution < 1.29 is 31.5 Å².